The van der Waals surface area contributed by atoms with Crippen molar-refractivity contribution < 1.29 is 14.1 Å². The van der Waals surface area contributed by atoms with Crippen LogP contribution in [-0.4, -0.2) is 32.7 Å². The highest BCUT2D eigenvalue weighted by atomic mass is 32.2. The molecular weight excluding hydrogens is 270 g/mol. The zero-order valence-corrected chi connectivity index (χ0v) is 10.9. The number of rotatable bonds is 5. The van der Waals surface area contributed by atoms with Crippen molar-refractivity contribution in [1.29, 1.82) is 0 Å². The molecule has 19 heavy (non-hydrogen) atoms. The lowest BCUT2D eigenvalue weighted by atomic mass is 10.3. The van der Waals surface area contributed by atoms with E-state index in [1.807, 2.05) is 0 Å². The van der Waals surface area contributed by atoms with Gasteiger partial charge >= 0.3 is 5.97 Å². The Labute approximate surface area is 112 Å². The van der Waals surface area contributed by atoms with Crippen molar-refractivity contribution in [1.82, 2.24) is 20.1 Å². The van der Waals surface area contributed by atoms with Crippen LogP contribution in [0.5, 0.6) is 0 Å². The summed E-state index contributed by atoms with van der Waals surface area (Å²) in [7, 11) is 0. The van der Waals surface area contributed by atoms with Gasteiger partial charge in [0, 0.05) is 6.20 Å². The summed E-state index contributed by atoms with van der Waals surface area (Å²) in [6.45, 7) is 1.98. The van der Waals surface area contributed by atoms with Crippen molar-refractivity contribution >= 4 is 23.5 Å². The van der Waals surface area contributed by atoms with Crippen LogP contribution >= 0.6 is 11.8 Å². The van der Waals surface area contributed by atoms with Gasteiger partial charge in [-0.2, -0.15) is 4.98 Å². The number of nitrogen functional groups attached to an aromatic ring is 1. The van der Waals surface area contributed by atoms with Crippen molar-refractivity contribution in [2.24, 2.45) is 0 Å². The first-order chi connectivity index (χ1) is 9.20. The van der Waals surface area contributed by atoms with Crippen molar-refractivity contribution in [3.8, 4) is 0 Å². The minimum absolute atomic E-state index is 0.0871. The van der Waals surface area contributed by atoms with Gasteiger partial charge in [-0.05, 0) is 6.92 Å². The number of ether oxygens (including phenoxy) is 1. The second-order valence-electron chi connectivity index (χ2n) is 3.31. The van der Waals surface area contributed by atoms with Crippen LogP contribution in [-0.2, 0) is 10.5 Å². The molecule has 0 aliphatic heterocycles. The first kappa shape index (κ1) is 13.3. The predicted molar refractivity (Wildman–Crippen MR) is 66.3 cm³/mol. The number of carbonyl (C=O) groups is 1. The lowest BCUT2D eigenvalue weighted by molar-refractivity contribution is 0.0526. The summed E-state index contributed by atoms with van der Waals surface area (Å²) in [6.07, 6.45) is 2.59. The normalized spacial score (nSPS) is 10.4. The monoisotopic (exact) mass is 281 g/mol. The number of anilines is 1. The zero-order valence-electron chi connectivity index (χ0n) is 10.1. The summed E-state index contributed by atoms with van der Waals surface area (Å²) in [4.78, 5) is 23.4. The number of esters is 1. The van der Waals surface area contributed by atoms with Crippen LogP contribution in [0.15, 0.2) is 22.3 Å². The Balaban J connectivity index is 2.04. The number of nitrogens with two attached hydrogens (primary N) is 1. The molecule has 0 saturated carbocycles. The Morgan fingerprint density at radius 3 is 3.00 bits per heavy atom. The standard InChI is InChI=1S/C10H11N5O3S/c1-2-17-9(16)6-3-12-10(14-8(6)11)19-4-7-13-5-18-15-7/h3,5H,2,4H2,1H3,(H2,11,12,14). The summed E-state index contributed by atoms with van der Waals surface area (Å²) in [5.41, 5.74) is 5.84. The van der Waals surface area contributed by atoms with E-state index in [1.165, 1.54) is 24.4 Å². The van der Waals surface area contributed by atoms with E-state index in [9.17, 15) is 4.79 Å². The number of nitrogens with zero attached hydrogens (tertiary/aromatic N) is 4. The van der Waals surface area contributed by atoms with Crippen LogP contribution in [0.3, 0.4) is 0 Å². The maximum Gasteiger partial charge on any atom is 0.343 e. The third-order valence-electron chi connectivity index (χ3n) is 2.03. The molecular formula is C10H11N5O3S. The molecule has 0 amide bonds. The topological polar surface area (TPSA) is 117 Å². The number of hydrogen-bond donors (Lipinski definition) is 1. The van der Waals surface area contributed by atoms with Gasteiger partial charge in [0.15, 0.2) is 11.0 Å². The van der Waals surface area contributed by atoms with E-state index >= 15 is 0 Å². The molecule has 100 valence electrons. The molecule has 0 fully saturated rings. The lowest BCUT2D eigenvalue weighted by Gasteiger charge is -2.05. The molecule has 0 radical (unpaired) electrons. The lowest BCUT2D eigenvalue weighted by Crippen LogP contribution is -2.10. The van der Waals surface area contributed by atoms with Gasteiger partial charge in [0.2, 0.25) is 6.39 Å². The molecule has 0 unspecified atom stereocenters. The second-order valence-corrected chi connectivity index (χ2v) is 4.25. The van der Waals surface area contributed by atoms with Gasteiger partial charge in [-0.1, -0.05) is 16.9 Å². The first-order valence-corrected chi connectivity index (χ1v) is 6.37. The van der Waals surface area contributed by atoms with Crippen molar-refractivity contribution in [2.45, 2.75) is 17.8 Å². The molecule has 2 heterocycles. The van der Waals surface area contributed by atoms with Crippen molar-refractivity contribution in [3.63, 3.8) is 0 Å². The Morgan fingerprint density at radius 2 is 2.37 bits per heavy atom. The third kappa shape index (κ3) is 3.41. The maximum atomic E-state index is 11.5. The first-order valence-electron chi connectivity index (χ1n) is 5.38. The molecule has 2 rings (SSSR count). The van der Waals surface area contributed by atoms with Crippen LogP contribution in [0.4, 0.5) is 5.82 Å². The van der Waals surface area contributed by atoms with Crippen molar-refractivity contribution in [3.05, 3.63) is 24.0 Å². The highest BCUT2D eigenvalue weighted by Crippen LogP contribution is 2.19. The SMILES string of the molecule is CCOC(=O)c1cnc(SCc2ncon2)nc1N. The van der Waals surface area contributed by atoms with Gasteiger partial charge in [0.1, 0.15) is 11.4 Å². The molecule has 0 atom stereocenters. The van der Waals surface area contributed by atoms with E-state index in [-0.39, 0.29) is 18.0 Å². The van der Waals surface area contributed by atoms with Gasteiger partial charge in [-0.25, -0.2) is 14.8 Å². The molecule has 2 aromatic rings. The van der Waals surface area contributed by atoms with Crippen LogP contribution in [0.25, 0.3) is 0 Å². The fraction of sp³-hybridized carbons (Fsp3) is 0.300. The molecule has 0 saturated heterocycles. The number of carbonyl (C=O) groups excluding carboxylic acids is 1. The maximum absolute atomic E-state index is 11.5. The van der Waals surface area contributed by atoms with Gasteiger partial charge in [0.25, 0.3) is 0 Å². The second kappa shape index (κ2) is 6.14. The van der Waals surface area contributed by atoms with Crippen LogP contribution < -0.4 is 5.73 Å². The predicted octanol–water partition coefficient (Wildman–Crippen LogP) is 0.911. The summed E-state index contributed by atoms with van der Waals surface area (Å²) in [6, 6.07) is 0. The highest BCUT2D eigenvalue weighted by molar-refractivity contribution is 7.98. The Kier molecular flexibility index (Phi) is 4.29. The molecule has 0 spiro atoms. The molecule has 2 N–H and O–H groups in total. The van der Waals surface area contributed by atoms with E-state index in [1.54, 1.807) is 6.92 Å². The Morgan fingerprint density at radius 1 is 1.53 bits per heavy atom. The molecule has 0 bridgehead atoms. The minimum Gasteiger partial charge on any atom is -0.462 e. The quantitative estimate of drug-likeness (QED) is 0.484. The minimum atomic E-state index is -0.533. The average Bonchev–Trinajstić information content (AvgIpc) is 2.89. The summed E-state index contributed by atoms with van der Waals surface area (Å²) < 4.78 is 9.43. The zero-order chi connectivity index (χ0) is 13.7. The molecule has 8 nitrogen and oxygen atoms in total. The Hall–Kier alpha value is -2.16. The molecule has 9 heteroatoms. The van der Waals surface area contributed by atoms with Gasteiger partial charge < -0.3 is 15.0 Å². The fourth-order valence-corrected chi connectivity index (χ4v) is 1.87. The smallest absolute Gasteiger partial charge is 0.343 e. The molecule has 0 aromatic carbocycles. The summed E-state index contributed by atoms with van der Waals surface area (Å²) in [5, 5.41) is 4.08. The van der Waals surface area contributed by atoms with Gasteiger partial charge in [-0.15, -0.1) is 0 Å². The van der Waals surface area contributed by atoms with Crippen LogP contribution in [0, 0.1) is 0 Å². The highest BCUT2D eigenvalue weighted by Gasteiger charge is 2.14. The number of hydrogen-bond acceptors (Lipinski definition) is 9. The van der Waals surface area contributed by atoms with E-state index < -0.39 is 5.97 Å². The average molecular weight is 281 g/mol. The van der Waals surface area contributed by atoms with E-state index in [0.717, 1.165) is 0 Å². The largest absolute Gasteiger partial charge is 0.462 e. The van der Waals surface area contributed by atoms with Crippen LogP contribution in [0.2, 0.25) is 0 Å². The van der Waals surface area contributed by atoms with Gasteiger partial charge in [0.05, 0.1) is 12.4 Å². The third-order valence-corrected chi connectivity index (χ3v) is 2.89. The van der Waals surface area contributed by atoms with Crippen molar-refractivity contribution in [2.75, 3.05) is 12.3 Å². The van der Waals surface area contributed by atoms with E-state index in [2.05, 4.69) is 24.6 Å². The van der Waals surface area contributed by atoms with E-state index in [4.69, 9.17) is 10.5 Å². The summed E-state index contributed by atoms with van der Waals surface area (Å²) in [5.74, 6) is 0.537. The molecule has 0 aliphatic rings. The van der Waals surface area contributed by atoms with Crippen LogP contribution in [0.1, 0.15) is 23.1 Å². The fourth-order valence-electron chi connectivity index (χ4n) is 1.20. The van der Waals surface area contributed by atoms with Gasteiger partial charge in [-0.3, -0.25) is 0 Å². The number of aromatic nitrogens is 4. The molecule has 0 aliphatic carbocycles. The van der Waals surface area contributed by atoms with E-state index in [0.29, 0.717) is 16.7 Å². The number of thioether (sulfide) groups is 1. The summed E-state index contributed by atoms with van der Waals surface area (Å²) >= 11 is 1.29. The Bertz CT molecular complexity index is 560. The molecule has 2 aromatic heterocycles.